The van der Waals surface area contributed by atoms with E-state index >= 15 is 0 Å². The molecule has 1 aliphatic carbocycles. The maximum Gasteiger partial charge on any atom is 0.103 e. The summed E-state index contributed by atoms with van der Waals surface area (Å²) in [6.45, 7) is 4.09. The fourth-order valence-electron chi connectivity index (χ4n) is 2.77. The van der Waals surface area contributed by atoms with Crippen molar-refractivity contribution in [3.05, 3.63) is 52.0 Å². The van der Waals surface area contributed by atoms with Crippen LogP contribution in [0.5, 0.6) is 0 Å². The molecule has 0 bridgehead atoms. The third kappa shape index (κ3) is 2.33. The monoisotopic (exact) mass is 272 g/mol. The van der Waals surface area contributed by atoms with Gasteiger partial charge in [-0.3, -0.25) is 0 Å². The first-order valence-corrected chi connectivity index (χ1v) is 7.88. The molecular weight excluding hydrogens is 252 g/mol. The van der Waals surface area contributed by atoms with E-state index in [-0.39, 0.29) is 5.41 Å². The van der Waals surface area contributed by atoms with Crippen LogP contribution in [0.1, 0.15) is 41.6 Å². The number of hydrogen-bond acceptors (Lipinski definition) is 3. The fraction of sp³-hybridized carbons (Fsp3) is 0.438. The van der Waals surface area contributed by atoms with Gasteiger partial charge < -0.3 is 5.32 Å². The number of rotatable bonds is 5. The smallest absolute Gasteiger partial charge is 0.103 e. The highest BCUT2D eigenvalue weighted by Gasteiger charge is 2.42. The van der Waals surface area contributed by atoms with Gasteiger partial charge in [0.2, 0.25) is 0 Å². The van der Waals surface area contributed by atoms with Gasteiger partial charge in [0.1, 0.15) is 5.01 Å². The highest BCUT2D eigenvalue weighted by atomic mass is 32.1. The number of hydrogen-bond donors (Lipinski definition) is 1. The van der Waals surface area contributed by atoms with Crippen LogP contribution in [0, 0.1) is 0 Å². The molecule has 2 nitrogen and oxygen atoms in total. The quantitative estimate of drug-likeness (QED) is 0.897. The van der Waals surface area contributed by atoms with E-state index in [0.29, 0.717) is 0 Å². The van der Waals surface area contributed by atoms with Gasteiger partial charge in [-0.1, -0.05) is 43.7 Å². The van der Waals surface area contributed by atoms with Crippen LogP contribution in [0.2, 0.25) is 0 Å². The molecule has 1 aliphatic rings. The molecule has 1 heterocycles. The second kappa shape index (κ2) is 5.43. The van der Waals surface area contributed by atoms with E-state index < -0.39 is 0 Å². The van der Waals surface area contributed by atoms with Gasteiger partial charge in [-0.25, -0.2) is 4.98 Å². The first kappa shape index (κ1) is 12.8. The predicted molar refractivity (Wildman–Crippen MR) is 80.6 cm³/mol. The second-order valence-electron chi connectivity index (χ2n) is 5.21. The van der Waals surface area contributed by atoms with E-state index in [1.54, 1.807) is 0 Å². The molecule has 100 valence electrons. The summed E-state index contributed by atoms with van der Waals surface area (Å²) in [4.78, 5) is 6.06. The predicted octanol–water partition coefficient (Wildman–Crippen LogP) is 3.72. The Kier molecular flexibility index (Phi) is 3.67. The molecule has 3 heteroatoms. The lowest BCUT2D eigenvalue weighted by atomic mass is 9.65. The number of benzene rings is 1. The highest BCUT2D eigenvalue weighted by molar-refractivity contribution is 7.11. The Morgan fingerprint density at radius 2 is 2.05 bits per heavy atom. The zero-order valence-corrected chi connectivity index (χ0v) is 12.2. The van der Waals surface area contributed by atoms with Gasteiger partial charge in [0.25, 0.3) is 0 Å². The maximum absolute atomic E-state index is 4.72. The summed E-state index contributed by atoms with van der Waals surface area (Å²) in [5.74, 6) is 0. The van der Waals surface area contributed by atoms with Crippen molar-refractivity contribution < 1.29 is 0 Å². The molecule has 0 saturated heterocycles. The van der Waals surface area contributed by atoms with Crippen LogP contribution >= 0.6 is 11.3 Å². The van der Waals surface area contributed by atoms with Crippen LogP contribution in [0.15, 0.2) is 36.5 Å². The van der Waals surface area contributed by atoms with E-state index in [1.165, 1.54) is 34.7 Å². The first-order valence-electron chi connectivity index (χ1n) is 7.06. The van der Waals surface area contributed by atoms with Gasteiger partial charge in [-0.2, -0.15) is 0 Å². The summed E-state index contributed by atoms with van der Waals surface area (Å²) in [6.07, 6.45) is 5.85. The van der Waals surface area contributed by atoms with Crippen LogP contribution in [0.3, 0.4) is 0 Å². The average molecular weight is 272 g/mol. The molecule has 1 aromatic carbocycles. The molecule has 0 aliphatic heterocycles. The number of nitrogens with zero attached hydrogens (tertiary/aromatic N) is 1. The van der Waals surface area contributed by atoms with Crippen molar-refractivity contribution >= 4 is 11.3 Å². The first-order chi connectivity index (χ1) is 9.35. The van der Waals surface area contributed by atoms with Gasteiger partial charge in [0, 0.05) is 23.0 Å². The van der Waals surface area contributed by atoms with Crippen molar-refractivity contribution in [2.75, 3.05) is 6.54 Å². The van der Waals surface area contributed by atoms with E-state index in [0.717, 1.165) is 13.1 Å². The zero-order chi connectivity index (χ0) is 13.1. The lowest BCUT2D eigenvalue weighted by Crippen LogP contribution is -2.35. The Bertz CT molecular complexity index is 529. The van der Waals surface area contributed by atoms with Crippen molar-refractivity contribution in [3.8, 4) is 0 Å². The van der Waals surface area contributed by atoms with Crippen molar-refractivity contribution in [1.29, 1.82) is 0 Å². The third-order valence-corrected chi connectivity index (χ3v) is 5.25. The largest absolute Gasteiger partial charge is 0.312 e. The minimum Gasteiger partial charge on any atom is -0.312 e. The van der Waals surface area contributed by atoms with Crippen molar-refractivity contribution in [2.45, 2.75) is 38.1 Å². The van der Waals surface area contributed by atoms with Crippen molar-refractivity contribution in [2.24, 2.45) is 0 Å². The Hall–Kier alpha value is -1.19. The van der Waals surface area contributed by atoms with Crippen LogP contribution < -0.4 is 5.32 Å². The SMILES string of the molecule is CCNCc1cnc(C2(c3ccccc3)CCC2)s1. The number of aromatic nitrogens is 1. The molecule has 0 atom stereocenters. The number of thiazole rings is 1. The van der Waals surface area contributed by atoms with Crippen LogP contribution in [0.25, 0.3) is 0 Å². The normalized spacial score (nSPS) is 17.1. The van der Waals surface area contributed by atoms with Crippen LogP contribution in [0.4, 0.5) is 0 Å². The van der Waals surface area contributed by atoms with Crippen molar-refractivity contribution in [1.82, 2.24) is 10.3 Å². The fourth-order valence-corrected chi connectivity index (χ4v) is 3.92. The Morgan fingerprint density at radius 3 is 2.68 bits per heavy atom. The van der Waals surface area contributed by atoms with E-state index in [2.05, 4.69) is 42.6 Å². The summed E-state index contributed by atoms with van der Waals surface area (Å²) in [7, 11) is 0. The summed E-state index contributed by atoms with van der Waals surface area (Å²) in [5, 5.41) is 4.68. The molecule has 0 spiro atoms. The minimum absolute atomic E-state index is 0.205. The van der Waals surface area contributed by atoms with E-state index in [9.17, 15) is 0 Å². The van der Waals surface area contributed by atoms with E-state index in [4.69, 9.17) is 4.98 Å². The third-order valence-electron chi connectivity index (χ3n) is 4.05. The molecule has 3 rings (SSSR count). The van der Waals surface area contributed by atoms with E-state index in [1.807, 2.05) is 17.5 Å². The zero-order valence-electron chi connectivity index (χ0n) is 11.4. The molecule has 1 aromatic heterocycles. The second-order valence-corrected chi connectivity index (χ2v) is 6.33. The summed E-state index contributed by atoms with van der Waals surface area (Å²) >= 11 is 1.88. The Morgan fingerprint density at radius 1 is 1.26 bits per heavy atom. The lowest BCUT2D eigenvalue weighted by Gasteiger charge is -2.40. The Balaban J connectivity index is 1.88. The molecular formula is C16H20N2S. The van der Waals surface area contributed by atoms with Gasteiger partial charge >= 0.3 is 0 Å². The molecule has 0 unspecified atom stereocenters. The molecule has 2 aromatic rings. The molecule has 1 saturated carbocycles. The van der Waals surface area contributed by atoms with Crippen molar-refractivity contribution in [3.63, 3.8) is 0 Å². The average Bonchev–Trinajstić information content (AvgIpc) is 2.85. The molecule has 0 radical (unpaired) electrons. The van der Waals surface area contributed by atoms with Gasteiger partial charge in [0.05, 0.1) is 0 Å². The standard InChI is InChI=1S/C16H20N2S/c1-2-17-11-14-12-18-15(19-14)16(9-6-10-16)13-7-4-3-5-8-13/h3-5,7-8,12,17H,2,6,9-11H2,1H3. The van der Waals surface area contributed by atoms with Gasteiger partial charge in [-0.05, 0) is 24.9 Å². The number of nitrogens with one attached hydrogen (secondary N) is 1. The maximum atomic E-state index is 4.72. The van der Waals surface area contributed by atoms with Crippen LogP contribution in [-0.4, -0.2) is 11.5 Å². The molecule has 1 fully saturated rings. The van der Waals surface area contributed by atoms with Crippen LogP contribution in [-0.2, 0) is 12.0 Å². The highest BCUT2D eigenvalue weighted by Crippen LogP contribution is 2.49. The lowest BCUT2D eigenvalue weighted by molar-refractivity contribution is 0.300. The Labute approximate surface area is 118 Å². The summed E-state index contributed by atoms with van der Waals surface area (Å²) < 4.78 is 0. The molecule has 0 amide bonds. The van der Waals surface area contributed by atoms with Gasteiger partial charge in [-0.15, -0.1) is 11.3 Å². The molecule has 19 heavy (non-hydrogen) atoms. The topological polar surface area (TPSA) is 24.9 Å². The van der Waals surface area contributed by atoms with Gasteiger partial charge in [0.15, 0.2) is 0 Å². The summed E-state index contributed by atoms with van der Waals surface area (Å²) in [6, 6.07) is 10.9. The molecule has 1 N–H and O–H groups in total. The summed E-state index contributed by atoms with van der Waals surface area (Å²) in [5.41, 5.74) is 1.64. The minimum atomic E-state index is 0.205.